The standard InChI is InChI=1S/C17H13ClN2O7S2.Sr/c1-9-6-16(29(25,26)27)14(8-13(9)18)19-20-17-12-4-3-11(28(22,23)24)7-10(12)2-5-15(17)21;/h2-8,21H,1H3,(H,22,23,24)(H,25,26,27);/q;+2/p-2. The van der Waals surface area contributed by atoms with E-state index in [4.69, 9.17) is 11.6 Å². The van der Waals surface area contributed by atoms with E-state index in [0.29, 0.717) is 5.56 Å². The Morgan fingerprint density at radius 1 is 1.00 bits per heavy atom. The van der Waals surface area contributed by atoms with Gasteiger partial charge in [-0.3, -0.25) is 4.55 Å². The zero-order valence-electron chi connectivity index (χ0n) is 15.2. The maximum Gasteiger partial charge on any atom is 2.00 e. The van der Waals surface area contributed by atoms with Crippen molar-refractivity contribution >= 4 is 99.5 Å². The molecular formula is C17H11ClN2O7S2Sr. The third-order valence-electron chi connectivity index (χ3n) is 3.99. The maximum absolute atomic E-state index is 12.2. The topological polar surface area (TPSA) is 159 Å². The zero-order chi connectivity index (χ0) is 21.6. The van der Waals surface area contributed by atoms with Crippen LogP contribution in [0, 0.1) is 6.92 Å². The zero-order valence-corrected chi connectivity index (χ0v) is 21.1. The van der Waals surface area contributed by atoms with Crippen LogP contribution >= 0.6 is 11.6 Å². The van der Waals surface area contributed by atoms with Gasteiger partial charge in [-0.1, -0.05) is 35.5 Å². The summed E-state index contributed by atoms with van der Waals surface area (Å²) in [5, 5.41) is 20.4. The number of nitrogens with zero attached hydrogens (tertiary/aromatic N) is 2. The smallest absolute Gasteiger partial charge is 0.871 e. The van der Waals surface area contributed by atoms with Crippen molar-refractivity contribution in [3.63, 3.8) is 0 Å². The Morgan fingerprint density at radius 3 is 2.27 bits per heavy atom. The summed E-state index contributed by atoms with van der Waals surface area (Å²) in [7, 11) is -9.34. The van der Waals surface area contributed by atoms with Crippen molar-refractivity contribution in [3.8, 4) is 5.75 Å². The van der Waals surface area contributed by atoms with E-state index in [9.17, 15) is 31.0 Å². The number of aryl methyl sites for hydroxylation is 1. The Hall–Kier alpha value is -1.09. The SMILES string of the molecule is Cc1cc(S(=O)(=O)O)c(N=Nc2c([O-])ccc3cc(S(=O)(=O)[O-])ccc23)cc1Cl.[Sr+2]. The fourth-order valence-corrected chi connectivity index (χ4v) is 3.92. The van der Waals surface area contributed by atoms with Crippen molar-refractivity contribution < 1.29 is 31.0 Å². The summed E-state index contributed by atoms with van der Waals surface area (Å²) in [6.45, 7) is 1.53. The fraction of sp³-hybridized carbons (Fsp3) is 0.0588. The van der Waals surface area contributed by atoms with Crippen LogP contribution in [0.3, 0.4) is 0 Å². The second-order valence-corrected chi connectivity index (χ2v) is 9.17. The van der Waals surface area contributed by atoms with Gasteiger partial charge in [-0.25, -0.2) is 8.42 Å². The van der Waals surface area contributed by atoms with E-state index < -0.39 is 35.8 Å². The van der Waals surface area contributed by atoms with E-state index in [2.05, 4.69) is 10.2 Å². The largest absolute Gasteiger partial charge is 2.00 e. The molecule has 1 N–H and O–H groups in total. The van der Waals surface area contributed by atoms with Gasteiger partial charge in [0.15, 0.2) is 0 Å². The van der Waals surface area contributed by atoms with E-state index in [0.717, 1.165) is 24.3 Å². The quantitative estimate of drug-likeness (QED) is 0.301. The number of fused-ring (bicyclic) bond motifs is 1. The first kappa shape index (κ1) is 25.2. The molecule has 0 amide bonds. The second kappa shape index (κ2) is 9.18. The molecule has 0 saturated heterocycles. The van der Waals surface area contributed by atoms with Crippen LogP contribution in [-0.2, 0) is 20.2 Å². The molecule has 13 heteroatoms. The molecule has 0 spiro atoms. The molecule has 0 heterocycles. The van der Waals surface area contributed by atoms with Crippen LogP contribution in [-0.4, -0.2) is 71.4 Å². The van der Waals surface area contributed by atoms with Gasteiger partial charge in [0.1, 0.15) is 20.7 Å². The number of rotatable bonds is 4. The van der Waals surface area contributed by atoms with Gasteiger partial charge in [0.05, 0.1) is 10.6 Å². The maximum atomic E-state index is 12.2. The Balaban J connectivity index is 0.00000320. The molecule has 3 aromatic rings. The van der Waals surface area contributed by atoms with Gasteiger partial charge in [0.25, 0.3) is 10.1 Å². The molecule has 3 rings (SSSR count). The number of hydrogen-bond donors (Lipinski definition) is 1. The predicted octanol–water partition coefficient (Wildman–Crippen LogP) is 3.06. The second-order valence-electron chi connectivity index (χ2n) is 5.99. The molecule has 0 saturated carbocycles. The van der Waals surface area contributed by atoms with Crippen LogP contribution in [0.1, 0.15) is 5.56 Å². The number of azo groups is 1. The molecule has 0 aliphatic heterocycles. The molecule has 152 valence electrons. The van der Waals surface area contributed by atoms with Crippen molar-refractivity contribution in [1.29, 1.82) is 0 Å². The van der Waals surface area contributed by atoms with Crippen LogP contribution in [0.15, 0.2) is 62.5 Å². The number of benzene rings is 3. The van der Waals surface area contributed by atoms with Crippen molar-refractivity contribution in [2.45, 2.75) is 16.7 Å². The molecule has 0 aromatic heterocycles. The third kappa shape index (κ3) is 5.39. The van der Waals surface area contributed by atoms with E-state index in [1.165, 1.54) is 25.1 Å². The van der Waals surface area contributed by atoms with Crippen LogP contribution < -0.4 is 5.11 Å². The third-order valence-corrected chi connectivity index (χ3v) is 6.11. The van der Waals surface area contributed by atoms with Gasteiger partial charge >= 0.3 is 45.5 Å². The molecule has 0 aliphatic rings. The molecule has 0 aliphatic carbocycles. The van der Waals surface area contributed by atoms with Gasteiger partial charge in [0.2, 0.25) is 0 Å². The molecule has 0 unspecified atom stereocenters. The Morgan fingerprint density at radius 2 is 1.67 bits per heavy atom. The van der Waals surface area contributed by atoms with Crippen LogP contribution in [0.25, 0.3) is 10.8 Å². The minimum atomic E-state index is -4.69. The summed E-state index contributed by atoms with van der Waals surface area (Å²) in [6, 6.07) is 8.03. The van der Waals surface area contributed by atoms with Crippen molar-refractivity contribution in [3.05, 3.63) is 53.1 Å². The molecule has 3 aromatic carbocycles. The Kier molecular flexibility index (Phi) is 7.71. The molecule has 0 atom stereocenters. The number of halogens is 1. The Labute approximate surface area is 214 Å². The molecular weight excluding hydrogens is 531 g/mol. The molecule has 30 heavy (non-hydrogen) atoms. The predicted molar refractivity (Wildman–Crippen MR) is 107 cm³/mol. The van der Waals surface area contributed by atoms with E-state index in [1.54, 1.807) is 0 Å². The first-order valence-electron chi connectivity index (χ1n) is 7.77. The summed E-state index contributed by atoms with van der Waals surface area (Å²) in [6.07, 6.45) is 0. The summed E-state index contributed by atoms with van der Waals surface area (Å²) in [5.41, 5.74) is -0.132. The molecule has 0 bridgehead atoms. The van der Waals surface area contributed by atoms with E-state index >= 15 is 0 Å². The van der Waals surface area contributed by atoms with E-state index in [1.807, 2.05) is 0 Å². The minimum absolute atomic E-state index is 0. The van der Waals surface area contributed by atoms with Gasteiger partial charge in [-0.2, -0.15) is 13.5 Å². The Bertz CT molecular complexity index is 1390. The fourth-order valence-electron chi connectivity index (χ4n) is 2.56. The molecule has 0 radical (unpaired) electrons. The average molecular weight is 542 g/mol. The normalized spacial score (nSPS) is 12.3. The van der Waals surface area contributed by atoms with Crippen LogP contribution in [0.2, 0.25) is 5.02 Å². The van der Waals surface area contributed by atoms with Gasteiger partial charge in [-0.15, -0.1) is 5.11 Å². The van der Waals surface area contributed by atoms with Gasteiger partial charge < -0.3 is 9.66 Å². The first-order valence-corrected chi connectivity index (χ1v) is 11.0. The average Bonchev–Trinajstić information content (AvgIpc) is 2.61. The van der Waals surface area contributed by atoms with Crippen molar-refractivity contribution in [2.24, 2.45) is 10.2 Å². The first-order chi connectivity index (χ1) is 13.4. The summed E-state index contributed by atoms with van der Waals surface area (Å²) < 4.78 is 66.1. The van der Waals surface area contributed by atoms with E-state index in [-0.39, 0.29) is 72.7 Å². The van der Waals surface area contributed by atoms with Gasteiger partial charge in [0, 0.05) is 10.4 Å². The van der Waals surface area contributed by atoms with Crippen molar-refractivity contribution in [2.75, 3.05) is 0 Å². The summed E-state index contributed by atoms with van der Waals surface area (Å²) in [5.74, 6) is -0.578. The minimum Gasteiger partial charge on any atom is -0.871 e. The van der Waals surface area contributed by atoms with Gasteiger partial charge in [-0.05, 0) is 42.1 Å². The molecule has 0 fully saturated rings. The van der Waals surface area contributed by atoms with Crippen LogP contribution in [0.4, 0.5) is 11.4 Å². The monoisotopic (exact) mass is 542 g/mol. The number of hydrogen-bond acceptors (Lipinski definition) is 8. The molecule has 9 nitrogen and oxygen atoms in total. The summed E-state index contributed by atoms with van der Waals surface area (Å²) >= 11 is 5.98. The van der Waals surface area contributed by atoms with Crippen LogP contribution in [0.5, 0.6) is 5.75 Å². The van der Waals surface area contributed by atoms with Crippen molar-refractivity contribution in [1.82, 2.24) is 0 Å². The summed E-state index contributed by atoms with van der Waals surface area (Å²) in [4.78, 5) is -1.03.